The number of Topliss-reactive ketones (excluding diaryl/α,β-unsaturated/α-hetero) is 1. The van der Waals surface area contributed by atoms with E-state index in [1.165, 1.54) is 46.3 Å². The van der Waals surface area contributed by atoms with Gasteiger partial charge in [-0.15, -0.1) is 11.8 Å². The first-order chi connectivity index (χ1) is 14.1. The Hall–Kier alpha value is -0.463. The summed E-state index contributed by atoms with van der Waals surface area (Å²) in [6.45, 7) is 7.30. The van der Waals surface area contributed by atoms with Crippen molar-refractivity contribution in [1.82, 2.24) is 4.90 Å². The zero-order chi connectivity index (χ0) is 22.1. The van der Waals surface area contributed by atoms with Crippen LogP contribution in [0.15, 0.2) is 17.2 Å². The van der Waals surface area contributed by atoms with Gasteiger partial charge in [0.15, 0.2) is 5.78 Å². The molecule has 11 heteroatoms. The van der Waals surface area contributed by atoms with E-state index in [4.69, 9.17) is 24.4 Å². The predicted molar refractivity (Wildman–Crippen MR) is 138 cm³/mol. The fraction of sp³-hybridized carbons (Fsp3) is 0.526. The van der Waals surface area contributed by atoms with Crippen molar-refractivity contribution in [2.75, 3.05) is 23.8 Å². The van der Waals surface area contributed by atoms with E-state index in [0.717, 1.165) is 23.3 Å². The van der Waals surface area contributed by atoms with Crippen molar-refractivity contribution in [3.63, 3.8) is 0 Å². The first-order valence-corrected chi connectivity index (χ1v) is 17.2. The normalized spacial score (nSPS) is 19.6. The van der Waals surface area contributed by atoms with Crippen LogP contribution in [-0.4, -0.2) is 57.0 Å². The minimum absolute atomic E-state index is 0.00952. The molecule has 0 radical (unpaired) electrons. The van der Waals surface area contributed by atoms with Gasteiger partial charge >= 0.3 is 5.91 Å². The number of ketones is 1. The Kier molecular flexibility index (Phi) is 8.05. The highest BCUT2D eigenvalue weighted by atomic mass is 32.2. The summed E-state index contributed by atoms with van der Waals surface area (Å²) in [7, 11) is -1.31. The van der Waals surface area contributed by atoms with Gasteiger partial charge in [-0.05, 0) is 24.3 Å². The number of carbonyl (C=O) groups excluding carboxylic acids is 2. The van der Waals surface area contributed by atoms with Gasteiger partial charge in [-0.3, -0.25) is 14.5 Å². The number of thiocarbonyl (C=S) groups is 2. The maximum absolute atomic E-state index is 13.3. The van der Waals surface area contributed by atoms with Gasteiger partial charge in [0.2, 0.25) is 0 Å². The third kappa shape index (κ3) is 5.47. The maximum atomic E-state index is 13.3. The van der Waals surface area contributed by atoms with Gasteiger partial charge in [0.1, 0.15) is 4.32 Å². The van der Waals surface area contributed by atoms with Crippen molar-refractivity contribution < 1.29 is 14.3 Å². The second kappa shape index (κ2) is 9.99. The van der Waals surface area contributed by atoms with E-state index >= 15 is 0 Å². The Morgan fingerprint density at radius 1 is 1.27 bits per heavy atom. The number of carbonyl (C=O) groups is 2. The molecule has 0 aliphatic carbocycles. The molecule has 30 heavy (non-hydrogen) atoms. The molecule has 0 saturated carbocycles. The van der Waals surface area contributed by atoms with Crippen LogP contribution < -0.4 is 4.73 Å². The van der Waals surface area contributed by atoms with Crippen LogP contribution in [0.4, 0.5) is 0 Å². The quantitative estimate of drug-likeness (QED) is 0.131. The molecule has 3 rings (SSSR count). The molecule has 1 aromatic rings. The Bertz CT molecular complexity index is 903. The monoisotopic (exact) mass is 516 g/mol. The zero-order valence-corrected chi connectivity index (χ0v) is 22.2. The average molecular weight is 517 g/mol. The Morgan fingerprint density at radius 3 is 2.57 bits per heavy atom. The summed E-state index contributed by atoms with van der Waals surface area (Å²) in [5.74, 6) is 1.43. The van der Waals surface area contributed by atoms with E-state index in [-0.39, 0.29) is 17.4 Å². The van der Waals surface area contributed by atoms with Crippen molar-refractivity contribution in [3.8, 4) is 0 Å². The van der Waals surface area contributed by atoms with Crippen LogP contribution in [0.3, 0.4) is 0 Å². The molecule has 0 N–H and O–H groups in total. The van der Waals surface area contributed by atoms with Crippen LogP contribution in [0.5, 0.6) is 0 Å². The summed E-state index contributed by atoms with van der Waals surface area (Å²) in [5.41, 5.74) is 0.380. The lowest BCUT2D eigenvalue weighted by Crippen LogP contribution is -2.44. The van der Waals surface area contributed by atoms with Crippen molar-refractivity contribution >= 4 is 88.0 Å². The number of hydrogen-bond acceptors (Lipinski definition) is 8. The summed E-state index contributed by atoms with van der Waals surface area (Å²) in [5, 5.41) is 13.6. The molecule has 2 aliphatic rings. The first-order valence-electron chi connectivity index (χ1n) is 9.69. The minimum Gasteiger partial charge on any atom is -0.617 e. The molecule has 0 aromatic carbocycles. The summed E-state index contributed by atoms with van der Waals surface area (Å²) < 4.78 is 1.82. The third-order valence-corrected chi connectivity index (χ3v) is 11.1. The molecule has 0 spiro atoms. The lowest BCUT2D eigenvalue weighted by atomic mass is 9.98. The second-order valence-electron chi connectivity index (χ2n) is 8.34. The van der Waals surface area contributed by atoms with E-state index < -0.39 is 14.0 Å². The molecule has 1 amide bonds. The number of rotatable bonds is 7. The highest BCUT2D eigenvalue weighted by Gasteiger charge is 2.36. The van der Waals surface area contributed by atoms with Crippen LogP contribution in [0.2, 0.25) is 25.7 Å². The number of amides is 1. The van der Waals surface area contributed by atoms with Crippen molar-refractivity contribution in [2.24, 2.45) is 5.92 Å². The third-order valence-electron chi connectivity index (χ3n) is 4.87. The minimum atomic E-state index is -1.31. The van der Waals surface area contributed by atoms with E-state index in [0.29, 0.717) is 36.8 Å². The molecule has 2 aliphatic heterocycles. The van der Waals surface area contributed by atoms with Crippen molar-refractivity contribution in [1.29, 1.82) is 0 Å². The predicted octanol–water partition coefficient (Wildman–Crippen LogP) is 4.49. The lowest BCUT2D eigenvalue weighted by Gasteiger charge is -2.18. The van der Waals surface area contributed by atoms with Crippen LogP contribution in [0, 0.1) is 11.1 Å². The summed E-state index contributed by atoms with van der Waals surface area (Å²) in [6.07, 6.45) is 0.695. The number of hydrogen-bond donors (Lipinski definition) is 0. The van der Waals surface area contributed by atoms with Gasteiger partial charge in [-0.2, -0.15) is 4.73 Å². The van der Waals surface area contributed by atoms with Gasteiger partial charge in [-0.1, -0.05) is 67.6 Å². The molecular weight excluding hydrogens is 493 g/mol. The maximum Gasteiger partial charge on any atom is 0.325 e. The molecular formula is C19H24N2O3S5Si. The van der Waals surface area contributed by atoms with Crippen molar-refractivity contribution in [2.45, 2.75) is 37.1 Å². The molecule has 2 saturated heterocycles. The highest BCUT2D eigenvalue weighted by Crippen LogP contribution is 2.33. The zero-order valence-electron chi connectivity index (χ0n) is 17.1. The second-order valence-corrected chi connectivity index (χ2v) is 18.6. The fourth-order valence-corrected chi connectivity index (χ4v) is 9.34. The van der Waals surface area contributed by atoms with E-state index in [2.05, 4.69) is 19.6 Å². The van der Waals surface area contributed by atoms with Gasteiger partial charge in [0.25, 0.3) is 10.7 Å². The molecule has 2 fully saturated rings. The largest absolute Gasteiger partial charge is 0.617 e. The van der Waals surface area contributed by atoms with Gasteiger partial charge in [-0.25, -0.2) is 0 Å². The summed E-state index contributed by atoms with van der Waals surface area (Å²) in [4.78, 5) is 27.6. The standard InChI is InChI=1S/C19H24N2O3S5Si/c1-30(2,3)11-10-27-17-12(15(22)13-6-8-28-18(13)25)4-5-14(21(17)24)16(23)20-7-9-29-19(20)26/h4-5,13H,6-11H2,1-3H3. The molecule has 3 heterocycles. The highest BCUT2D eigenvalue weighted by molar-refractivity contribution is 8.23. The number of aromatic nitrogens is 1. The van der Waals surface area contributed by atoms with E-state index in [1.54, 1.807) is 6.07 Å². The fourth-order valence-electron chi connectivity index (χ4n) is 3.09. The number of thioether (sulfide) groups is 3. The van der Waals surface area contributed by atoms with E-state index in [1.807, 2.05) is 0 Å². The molecule has 1 atom stereocenters. The van der Waals surface area contributed by atoms with Gasteiger partial charge in [0.05, 0.1) is 15.7 Å². The van der Waals surface area contributed by atoms with Gasteiger partial charge in [0, 0.05) is 32.2 Å². The van der Waals surface area contributed by atoms with Crippen molar-refractivity contribution in [3.05, 3.63) is 28.6 Å². The lowest BCUT2D eigenvalue weighted by molar-refractivity contribution is -0.648. The molecule has 1 aromatic heterocycles. The first kappa shape index (κ1) is 24.2. The van der Waals surface area contributed by atoms with Gasteiger partial charge < -0.3 is 5.21 Å². The summed E-state index contributed by atoms with van der Waals surface area (Å²) >= 11 is 14.9. The Morgan fingerprint density at radius 2 is 2.00 bits per heavy atom. The summed E-state index contributed by atoms with van der Waals surface area (Å²) in [6, 6.07) is 4.09. The molecule has 162 valence electrons. The van der Waals surface area contributed by atoms with Crippen LogP contribution >= 0.6 is 59.7 Å². The van der Waals surface area contributed by atoms with E-state index in [9.17, 15) is 14.8 Å². The smallest absolute Gasteiger partial charge is 0.325 e. The number of nitrogens with zero attached hydrogens (tertiary/aromatic N) is 2. The number of pyridine rings is 1. The molecule has 5 nitrogen and oxygen atoms in total. The van der Waals surface area contributed by atoms with Crippen LogP contribution in [0.1, 0.15) is 27.3 Å². The molecule has 0 bridgehead atoms. The SMILES string of the molecule is C[Si](C)(C)CCSc1c(C(=O)C2CCSC2=S)ccc(C(=O)N2CCSC2=S)[n+]1[O-]. The average Bonchev–Trinajstić information content (AvgIpc) is 3.29. The topological polar surface area (TPSA) is 64.3 Å². The Labute approximate surface area is 201 Å². The van der Waals surface area contributed by atoms with Crippen LogP contribution in [-0.2, 0) is 0 Å². The van der Waals surface area contributed by atoms with Crippen LogP contribution in [0.25, 0.3) is 0 Å². The Balaban J connectivity index is 1.96. The molecule has 1 unspecified atom stereocenters.